The molecule has 3 rings (SSSR count). The first kappa shape index (κ1) is 19.7. The van der Waals surface area contributed by atoms with E-state index in [1.807, 2.05) is 13.0 Å². The van der Waals surface area contributed by atoms with E-state index in [0.717, 1.165) is 39.8 Å². The maximum absolute atomic E-state index is 11.8. The summed E-state index contributed by atoms with van der Waals surface area (Å²) in [7, 11) is 1.64. The third kappa shape index (κ3) is 2.78. The first-order valence-electron chi connectivity index (χ1n) is 9.31. The highest BCUT2D eigenvalue weighted by Gasteiger charge is 2.60. The Bertz CT molecular complexity index is 744. The molecule has 26 heavy (non-hydrogen) atoms. The van der Waals surface area contributed by atoms with Crippen LogP contribution >= 0.6 is 15.9 Å². The van der Waals surface area contributed by atoms with Crippen LogP contribution in [-0.4, -0.2) is 23.8 Å². The first-order valence-corrected chi connectivity index (χ1v) is 10.1. The lowest BCUT2D eigenvalue weighted by atomic mass is 9.61. The molecule has 2 aliphatic carbocycles. The van der Waals surface area contributed by atoms with Crippen molar-refractivity contribution in [1.29, 1.82) is 0 Å². The van der Waals surface area contributed by atoms with E-state index in [-0.39, 0.29) is 29.3 Å². The molecule has 0 bridgehead atoms. The molecule has 1 aromatic rings. The monoisotopic (exact) mass is 424 g/mol. The van der Waals surface area contributed by atoms with Gasteiger partial charge in [0.25, 0.3) is 0 Å². The van der Waals surface area contributed by atoms with Gasteiger partial charge in [-0.15, -0.1) is 0 Å². The van der Waals surface area contributed by atoms with E-state index in [0.29, 0.717) is 6.42 Å². The maximum Gasteiger partial charge on any atom is 0.303 e. The van der Waals surface area contributed by atoms with Gasteiger partial charge in [0.05, 0.1) is 12.7 Å². The SMILES string of the molecule is COc1cc(C)c(Br)c2c1C(OC(C)=O)C[C@]1(C)CCC(O)(C(C)C)[C@H]21. The highest BCUT2D eigenvalue weighted by Crippen LogP contribution is 2.66. The van der Waals surface area contributed by atoms with Crippen LogP contribution in [0, 0.1) is 18.3 Å². The van der Waals surface area contributed by atoms with Crippen LogP contribution < -0.4 is 4.74 Å². The molecule has 144 valence electrons. The van der Waals surface area contributed by atoms with Gasteiger partial charge in [-0.05, 0) is 54.7 Å². The lowest BCUT2D eigenvalue weighted by Gasteiger charge is -2.48. The Kier molecular flexibility index (Phi) is 4.94. The smallest absolute Gasteiger partial charge is 0.303 e. The molecule has 0 aromatic heterocycles. The topological polar surface area (TPSA) is 55.8 Å². The molecule has 0 radical (unpaired) electrons. The highest BCUT2D eigenvalue weighted by atomic mass is 79.9. The molecule has 1 fully saturated rings. The molecule has 0 spiro atoms. The average molecular weight is 425 g/mol. The van der Waals surface area contributed by atoms with E-state index in [1.54, 1.807) is 7.11 Å². The number of benzene rings is 1. The van der Waals surface area contributed by atoms with E-state index in [9.17, 15) is 9.90 Å². The number of halogens is 1. The van der Waals surface area contributed by atoms with Crippen molar-refractivity contribution in [3.8, 4) is 5.75 Å². The molecule has 1 saturated carbocycles. The zero-order valence-electron chi connectivity index (χ0n) is 16.5. The number of rotatable bonds is 3. The molecule has 0 aliphatic heterocycles. The Morgan fingerprint density at radius 1 is 1.35 bits per heavy atom. The van der Waals surface area contributed by atoms with Crippen LogP contribution in [0.25, 0.3) is 0 Å². The number of carbonyl (C=O) groups is 1. The van der Waals surface area contributed by atoms with Crippen LogP contribution in [0.5, 0.6) is 5.75 Å². The van der Waals surface area contributed by atoms with Crippen molar-refractivity contribution in [1.82, 2.24) is 0 Å². The predicted octanol–water partition coefficient (Wildman–Crippen LogP) is 5.04. The molecule has 0 amide bonds. The van der Waals surface area contributed by atoms with Gasteiger partial charge in [-0.3, -0.25) is 4.79 Å². The molecule has 4 nitrogen and oxygen atoms in total. The van der Waals surface area contributed by atoms with Crippen LogP contribution in [0.2, 0.25) is 0 Å². The molecule has 1 N–H and O–H groups in total. The number of hydrogen-bond donors (Lipinski definition) is 1. The highest BCUT2D eigenvalue weighted by molar-refractivity contribution is 9.10. The molecule has 2 aliphatic rings. The van der Waals surface area contributed by atoms with Gasteiger partial charge in [0.1, 0.15) is 11.9 Å². The summed E-state index contributed by atoms with van der Waals surface area (Å²) >= 11 is 3.78. The van der Waals surface area contributed by atoms with Crippen LogP contribution in [0.3, 0.4) is 0 Å². The van der Waals surface area contributed by atoms with Gasteiger partial charge < -0.3 is 14.6 Å². The summed E-state index contributed by atoms with van der Waals surface area (Å²) in [4.78, 5) is 11.8. The molecule has 5 heteroatoms. The standard InChI is InChI=1S/C21H29BrO4/c1-11(2)21(24)8-7-20(5)10-15(26-13(4)23)16-14(25-6)9-12(3)18(22)17(16)19(20)21/h9,11,15,19,24H,7-8,10H2,1-6H3/t15?,19-,20+,21?/m1/s1. The third-order valence-electron chi connectivity index (χ3n) is 6.57. The van der Waals surface area contributed by atoms with Crippen molar-refractivity contribution in [2.45, 2.75) is 71.5 Å². The molecule has 4 atom stereocenters. The largest absolute Gasteiger partial charge is 0.496 e. The molecule has 0 heterocycles. The van der Waals surface area contributed by atoms with Crippen LogP contribution in [-0.2, 0) is 9.53 Å². The van der Waals surface area contributed by atoms with Crippen molar-refractivity contribution >= 4 is 21.9 Å². The average Bonchev–Trinajstić information content (AvgIpc) is 2.82. The summed E-state index contributed by atoms with van der Waals surface area (Å²) in [5.74, 6) is 0.539. The summed E-state index contributed by atoms with van der Waals surface area (Å²) in [6, 6.07) is 1.98. The molecule has 0 saturated heterocycles. The second-order valence-electron chi connectivity index (χ2n) is 8.57. The fourth-order valence-corrected chi connectivity index (χ4v) is 5.79. The maximum atomic E-state index is 11.8. The van der Waals surface area contributed by atoms with Gasteiger partial charge in [0.2, 0.25) is 0 Å². The van der Waals surface area contributed by atoms with Gasteiger partial charge in [0, 0.05) is 22.9 Å². The summed E-state index contributed by atoms with van der Waals surface area (Å²) in [6.45, 7) is 9.87. The van der Waals surface area contributed by atoms with E-state index in [4.69, 9.17) is 9.47 Å². The molecule has 1 aromatic carbocycles. The van der Waals surface area contributed by atoms with E-state index >= 15 is 0 Å². The minimum atomic E-state index is -0.786. The summed E-state index contributed by atoms with van der Waals surface area (Å²) in [5.41, 5.74) is 2.10. The van der Waals surface area contributed by atoms with Crippen LogP contribution in [0.1, 0.15) is 75.7 Å². The van der Waals surface area contributed by atoms with Gasteiger partial charge in [0.15, 0.2) is 0 Å². The fourth-order valence-electron chi connectivity index (χ4n) is 5.23. The lowest BCUT2D eigenvalue weighted by molar-refractivity contribution is -0.149. The number of methoxy groups -OCH3 is 1. The second kappa shape index (κ2) is 6.52. The van der Waals surface area contributed by atoms with Crippen molar-refractivity contribution in [2.75, 3.05) is 7.11 Å². The van der Waals surface area contributed by atoms with Gasteiger partial charge in [-0.2, -0.15) is 0 Å². The van der Waals surface area contributed by atoms with E-state index in [1.165, 1.54) is 6.92 Å². The Morgan fingerprint density at radius 3 is 2.54 bits per heavy atom. The minimum absolute atomic E-state index is 0.0278. The molecular formula is C21H29BrO4. The third-order valence-corrected chi connectivity index (χ3v) is 7.62. The molecule has 2 unspecified atom stereocenters. The number of carbonyl (C=O) groups excluding carboxylic acids is 1. The van der Waals surface area contributed by atoms with Crippen molar-refractivity contribution < 1.29 is 19.4 Å². The molecular weight excluding hydrogens is 396 g/mol. The van der Waals surface area contributed by atoms with Gasteiger partial charge in [-0.1, -0.05) is 36.7 Å². The zero-order chi connectivity index (χ0) is 19.4. The predicted molar refractivity (Wildman–Crippen MR) is 104 cm³/mol. The van der Waals surface area contributed by atoms with Crippen molar-refractivity contribution in [3.05, 3.63) is 27.2 Å². The Balaban J connectivity index is 2.32. The summed E-state index contributed by atoms with van der Waals surface area (Å²) in [5, 5.41) is 11.7. The summed E-state index contributed by atoms with van der Waals surface area (Å²) in [6.07, 6.45) is 2.00. The fraction of sp³-hybridized carbons (Fsp3) is 0.667. The number of aryl methyl sites for hydroxylation is 1. The number of ether oxygens (including phenoxy) is 2. The van der Waals surface area contributed by atoms with Gasteiger partial charge >= 0.3 is 5.97 Å². The van der Waals surface area contributed by atoms with E-state index < -0.39 is 5.60 Å². The Morgan fingerprint density at radius 2 is 2.00 bits per heavy atom. The second-order valence-corrected chi connectivity index (χ2v) is 9.37. The number of aliphatic hydroxyl groups is 1. The normalized spacial score (nSPS) is 33.0. The van der Waals surface area contributed by atoms with Crippen molar-refractivity contribution in [2.24, 2.45) is 11.3 Å². The first-order chi connectivity index (χ1) is 12.0. The zero-order valence-corrected chi connectivity index (χ0v) is 18.1. The van der Waals surface area contributed by atoms with Crippen LogP contribution in [0.15, 0.2) is 10.5 Å². The minimum Gasteiger partial charge on any atom is -0.496 e. The summed E-state index contributed by atoms with van der Waals surface area (Å²) < 4.78 is 12.4. The quantitative estimate of drug-likeness (QED) is 0.689. The van der Waals surface area contributed by atoms with E-state index in [2.05, 4.69) is 36.7 Å². The number of fused-ring (bicyclic) bond motifs is 3. The number of esters is 1. The Labute approximate surface area is 164 Å². The van der Waals surface area contributed by atoms with Crippen molar-refractivity contribution in [3.63, 3.8) is 0 Å². The Hall–Kier alpha value is -1.07. The lowest BCUT2D eigenvalue weighted by Crippen LogP contribution is -2.45. The number of hydrogen-bond acceptors (Lipinski definition) is 4. The van der Waals surface area contributed by atoms with Gasteiger partial charge in [-0.25, -0.2) is 0 Å². The van der Waals surface area contributed by atoms with Crippen LogP contribution in [0.4, 0.5) is 0 Å².